The van der Waals surface area contributed by atoms with Gasteiger partial charge in [0.1, 0.15) is 17.2 Å². The van der Waals surface area contributed by atoms with Crippen molar-refractivity contribution in [1.29, 1.82) is 0 Å². The lowest BCUT2D eigenvalue weighted by Gasteiger charge is -2.19. The zero-order chi connectivity index (χ0) is 24.4. The second-order valence-corrected chi connectivity index (χ2v) is 7.61. The number of rotatable bonds is 12. The first-order valence-electron chi connectivity index (χ1n) is 9.51. The van der Waals surface area contributed by atoms with Crippen LogP contribution in [0.15, 0.2) is 59.2 Å². The van der Waals surface area contributed by atoms with Crippen LogP contribution in [-0.4, -0.2) is 35.7 Å². The molecule has 2 aromatic rings. The Morgan fingerprint density at radius 3 is 2.64 bits per heavy atom. The van der Waals surface area contributed by atoms with Crippen LogP contribution in [0.25, 0.3) is 0 Å². The summed E-state index contributed by atoms with van der Waals surface area (Å²) in [6.07, 6.45) is -1.04. The molecule has 0 fully saturated rings. The largest absolute Gasteiger partial charge is 0.530 e. The zero-order valence-electron chi connectivity index (χ0n) is 18.0. The molecule has 1 heterocycles. The summed E-state index contributed by atoms with van der Waals surface area (Å²) in [6.45, 7) is 4.99. The molecular weight excluding hydrogens is 455 g/mol. The first kappa shape index (κ1) is 25.7. The molecule has 2 atom stereocenters. The molecule has 1 amide bonds. The number of amides is 1. The van der Waals surface area contributed by atoms with Gasteiger partial charge in [-0.1, -0.05) is 12.1 Å². The number of anilines is 2. The third kappa shape index (κ3) is 8.50. The first-order valence-corrected chi connectivity index (χ1v) is 11.0. The highest BCUT2D eigenvalue weighted by atomic mass is 31.2. The standard InChI is InChI=1S/C19H25N6O7P/c1-12(29-3)30-13(2)31-33(27,28)32-16-7-5-4-6-14(16)24-25-15-8-9-17(23-19(15)21)22-18(26)10-11-20/h4-9,13H,1,10-11,20H2,2-3H3,(H,27,28)(H3,21,22,23,26). The molecule has 2 unspecified atom stereocenters. The van der Waals surface area contributed by atoms with E-state index in [1.54, 1.807) is 12.1 Å². The number of hydrogen-bond acceptors (Lipinski definition) is 11. The van der Waals surface area contributed by atoms with Crippen LogP contribution in [0.1, 0.15) is 13.3 Å². The van der Waals surface area contributed by atoms with Crippen LogP contribution in [0.5, 0.6) is 5.75 Å². The zero-order valence-corrected chi connectivity index (χ0v) is 18.9. The molecule has 14 heteroatoms. The Hall–Kier alpha value is -3.51. The van der Waals surface area contributed by atoms with Gasteiger partial charge in [-0.3, -0.25) is 9.69 Å². The van der Waals surface area contributed by atoms with E-state index in [0.29, 0.717) is 0 Å². The van der Waals surface area contributed by atoms with Gasteiger partial charge in [0.25, 0.3) is 5.95 Å². The molecule has 0 saturated heterocycles. The third-order valence-electron chi connectivity index (χ3n) is 3.69. The minimum absolute atomic E-state index is 0.00297. The van der Waals surface area contributed by atoms with Crippen LogP contribution in [0.3, 0.4) is 0 Å². The average Bonchev–Trinajstić information content (AvgIpc) is 2.73. The van der Waals surface area contributed by atoms with Crippen molar-refractivity contribution >= 4 is 36.7 Å². The van der Waals surface area contributed by atoms with Gasteiger partial charge in [-0.05, 0) is 37.8 Å². The summed E-state index contributed by atoms with van der Waals surface area (Å²) >= 11 is 0. The van der Waals surface area contributed by atoms with Gasteiger partial charge < -0.3 is 30.8 Å². The maximum Gasteiger partial charge on any atom is 0.530 e. The van der Waals surface area contributed by atoms with E-state index in [0.717, 1.165) is 0 Å². The number of nitrogens with zero attached hydrogens (tertiary/aromatic N) is 3. The highest BCUT2D eigenvalue weighted by Gasteiger charge is 2.28. The average molecular weight is 480 g/mol. The highest BCUT2D eigenvalue weighted by molar-refractivity contribution is 7.47. The number of azo groups is 1. The number of carbonyl (C=O) groups excluding carboxylic acids is 1. The van der Waals surface area contributed by atoms with E-state index in [9.17, 15) is 14.3 Å². The Morgan fingerprint density at radius 2 is 1.97 bits per heavy atom. The number of phosphoric ester groups is 1. The summed E-state index contributed by atoms with van der Waals surface area (Å²) in [5.74, 6) is -0.246. The third-order valence-corrected chi connectivity index (χ3v) is 4.68. The summed E-state index contributed by atoms with van der Waals surface area (Å²) in [6, 6.07) is 9.07. The highest BCUT2D eigenvalue weighted by Crippen LogP contribution is 2.48. The number of para-hydroxylation sites is 1. The number of ether oxygens (including phenoxy) is 2. The fourth-order valence-electron chi connectivity index (χ4n) is 2.27. The van der Waals surface area contributed by atoms with Crippen LogP contribution >= 0.6 is 7.82 Å². The minimum Gasteiger partial charge on any atom is -0.469 e. The topological polar surface area (TPSA) is 193 Å². The predicted octanol–water partition coefficient (Wildman–Crippen LogP) is 3.34. The normalized spacial score (nSPS) is 13.7. The Labute approximate surface area is 190 Å². The van der Waals surface area contributed by atoms with Gasteiger partial charge in [0.2, 0.25) is 12.2 Å². The Balaban J connectivity index is 2.13. The van der Waals surface area contributed by atoms with Crippen LogP contribution in [0.4, 0.5) is 23.0 Å². The molecular formula is C19H25N6O7P. The van der Waals surface area contributed by atoms with Gasteiger partial charge in [0, 0.05) is 13.0 Å². The van der Waals surface area contributed by atoms with E-state index in [-0.39, 0.29) is 53.6 Å². The van der Waals surface area contributed by atoms with Gasteiger partial charge in [-0.15, -0.1) is 10.2 Å². The molecule has 0 radical (unpaired) electrons. The van der Waals surface area contributed by atoms with E-state index >= 15 is 0 Å². The molecule has 0 saturated carbocycles. The number of methoxy groups -OCH3 is 1. The molecule has 33 heavy (non-hydrogen) atoms. The number of phosphoric acid groups is 1. The fourth-order valence-corrected chi connectivity index (χ4v) is 3.14. The van der Waals surface area contributed by atoms with Crippen LogP contribution in [-0.2, 0) is 23.4 Å². The predicted molar refractivity (Wildman–Crippen MR) is 120 cm³/mol. The molecule has 6 N–H and O–H groups in total. The lowest BCUT2D eigenvalue weighted by Crippen LogP contribution is -2.17. The first-order chi connectivity index (χ1) is 15.6. The van der Waals surface area contributed by atoms with E-state index < -0.39 is 14.1 Å². The van der Waals surface area contributed by atoms with Gasteiger partial charge in [0.15, 0.2) is 11.6 Å². The number of carbonyl (C=O) groups is 1. The lowest BCUT2D eigenvalue weighted by molar-refractivity contribution is -0.116. The number of benzene rings is 1. The second kappa shape index (κ2) is 11.9. The van der Waals surface area contributed by atoms with Crippen LogP contribution in [0, 0.1) is 0 Å². The number of nitrogens with two attached hydrogens (primary N) is 2. The molecule has 0 spiro atoms. The summed E-state index contributed by atoms with van der Waals surface area (Å²) in [5.41, 5.74) is 11.5. The molecule has 2 rings (SSSR count). The van der Waals surface area contributed by atoms with Crippen molar-refractivity contribution < 1.29 is 32.8 Å². The van der Waals surface area contributed by atoms with Crippen molar-refractivity contribution in [2.45, 2.75) is 19.6 Å². The second-order valence-electron chi connectivity index (χ2n) is 6.28. The maximum absolute atomic E-state index is 12.3. The van der Waals surface area contributed by atoms with Gasteiger partial charge in [-0.2, -0.15) is 0 Å². The fraction of sp³-hybridized carbons (Fsp3) is 0.263. The molecule has 0 aliphatic heterocycles. The van der Waals surface area contributed by atoms with E-state index in [1.807, 2.05) is 0 Å². The van der Waals surface area contributed by atoms with Gasteiger partial charge in [-0.25, -0.2) is 14.1 Å². The number of nitrogens with one attached hydrogen (secondary N) is 1. The Morgan fingerprint density at radius 1 is 1.27 bits per heavy atom. The van der Waals surface area contributed by atoms with Crippen molar-refractivity contribution in [3.05, 3.63) is 48.9 Å². The number of hydrogen-bond donors (Lipinski definition) is 4. The van der Waals surface area contributed by atoms with Crippen molar-refractivity contribution in [1.82, 2.24) is 4.98 Å². The molecule has 0 aliphatic rings. The number of pyridine rings is 1. The quantitative estimate of drug-likeness (QED) is 0.151. The van der Waals surface area contributed by atoms with Gasteiger partial charge >= 0.3 is 7.82 Å². The molecule has 0 bridgehead atoms. The summed E-state index contributed by atoms with van der Waals surface area (Å²) < 4.78 is 32.1. The Bertz CT molecular complexity index is 1060. The van der Waals surface area contributed by atoms with Crippen molar-refractivity contribution in [2.24, 2.45) is 16.0 Å². The number of aromatic nitrogens is 1. The molecule has 13 nitrogen and oxygen atoms in total. The minimum atomic E-state index is -4.60. The van der Waals surface area contributed by atoms with Crippen LogP contribution in [0.2, 0.25) is 0 Å². The summed E-state index contributed by atoms with van der Waals surface area (Å²) in [7, 11) is -3.29. The van der Waals surface area contributed by atoms with E-state index in [2.05, 4.69) is 27.1 Å². The van der Waals surface area contributed by atoms with Crippen molar-refractivity contribution in [3.8, 4) is 5.75 Å². The summed E-state index contributed by atoms with van der Waals surface area (Å²) in [5, 5.41) is 10.6. The van der Waals surface area contributed by atoms with E-state index in [1.165, 1.54) is 38.3 Å². The summed E-state index contributed by atoms with van der Waals surface area (Å²) in [4.78, 5) is 25.7. The van der Waals surface area contributed by atoms with E-state index in [4.69, 9.17) is 30.0 Å². The van der Waals surface area contributed by atoms with Crippen LogP contribution < -0.4 is 21.3 Å². The monoisotopic (exact) mass is 480 g/mol. The maximum atomic E-state index is 12.3. The SMILES string of the molecule is C=C(OC)OC(C)OP(=O)(O)Oc1ccccc1N=Nc1ccc(NC(=O)CCN)nc1N. The molecule has 1 aromatic carbocycles. The molecule has 178 valence electrons. The Kier molecular flexibility index (Phi) is 9.30. The molecule has 1 aromatic heterocycles. The number of nitrogen functional groups attached to an aromatic ring is 1. The van der Waals surface area contributed by atoms with Crippen molar-refractivity contribution in [2.75, 3.05) is 24.7 Å². The van der Waals surface area contributed by atoms with Crippen molar-refractivity contribution in [3.63, 3.8) is 0 Å². The van der Waals surface area contributed by atoms with Gasteiger partial charge in [0.05, 0.1) is 7.11 Å². The molecule has 0 aliphatic carbocycles. The lowest BCUT2D eigenvalue weighted by atomic mass is 10.3. The smallest absolute Gasteiger partial charge is 0.469 e.